The van der Waals surface area contributed by atoms with Gasteiger partial charge in [-0.2, -0.15) is 11.8 Å². The molecule has 0 saturated carbocycles. The van der Waals surface area contributed by atoms with E-state index in [9.17, 15) is 4.79 Å². The van der Waals surface area contributed by atoms with Crippen LogP contribution in [-0.4, -0.2) is 17.8 Å². The number of hydrogen-bond acceptors (Lipinski definition) is 3. The largest absolute Gasteiger partial charge is 0.497 e. The molecule has 0 fully saturated rings. The monoisotopic (exact) mass is 247 g/mol. The molecule has 1 N–H and O–H groups in total. The number of fused-ring (bicyclic) bond motifs is 3. The number of aromatic amines is 1. The Kier molecular flexibility index (Phi) is 2.59. The zero-order valence-electron chi connectivity index (χ0n) is 9.58. The fourth-order valence-corrected chi connectivity index (χ4v) is 3.30. The van der Waals surface area contributed by atoms with Gasteiger partial charge in [-0.3, -0.25) is 4.79 Å². The van der Waals surface area contributed by atoms with Crippen molar-refractivity contribution in [2.75, 3.05) is 12.9 Å². The molecule has 3 nitrogen and oxygen atoms in total. The fourth-order valence-electron chi connectivity index (χ4n) is 2.29. The van der Waals surface area contributed by atoms with Gasteiger partial charge in [0.25, 0.3) is 5.56 Å². The van der Waals surface area contributed by atoms with Crippen molar-refractivity contribution >= 4 is 22.7 Å². The van der Waals surface area contributed by atoms with Crippen molar-refractivity contribution in [3.05, 3.63) is 39.7 Å². The highest BCUT2D eigenvalue weighted by molar-refractivity contribution is 7.98. The SMILES string of the molecule is COc1ccc2[nH]c(=O)c3c(c2c1)CCSC3. The minimum atomic E-state index is 0.0601. The van der Waals surface area contributed by atoms with E-state index in [-0.39, 0.29) is 5.56 Å². The second-order valence-corrected chi connectivity index (χ2v) is 5.23. The summed E-state index contributed by atoms with van der Waals surface area (Å²) in [5.41, 5.74) is 3.09. The van der Waals surface area contributed by atoms with Crippen LogP contribution in [0.5, 0.6) is 5.75 Å². The van der Waals surface area contributed by atoms with Crippen LogP contribution in [0.2, 0.25) is 0 Å². The van der Waals surface area contributed by atoms with E-state index in [4.69, 9.17) is 4.74 Å². The van der Waals surface area contributed by atoms with Crippen LogP contribution in [0.3, 0.4) is 0 Å². The van der Waals surface area contributed by atoms with Gasteiger partial charge >= 0.3 is 0 Å². The van der Waals surface area contributed by atoms with Gasteiger partial charge in [0, 0.05) is 22.2 Å². The number of benzene rings is 1. The van der Waals surface area contributed by atoms with Gasteiger partial charge in [0.1, 0.15) is 5.75 Å². The Hall–Kier alpha value is -1.42. The quantitative estimate of drug-likeness (QED) is 0.841. The number of ether oxygens (including phenoxy) is 1. The Morgan fingerprint density at radius 2 is 2.24 bits per heavy atom. The number of methoxy groups -OCH3 is 1. The van der Waals surface area contributed by atoms with Gasteiger partial charge in [0.05, 0.1) is 7.11 Å². The molecule has 0 radical (unpaired) electrons. The molecule has 4 heteroatoms. The third-order valence-electron chi connectivity index (χ3n) is 3.18. The van der Waals surface area contributed by atoms with Gasteiger partial charge in [-0.1, -0.05) is 0 Å². The van der Waals surface area contributed by atoms with E-state index in [1.165, 1.54) is 5.56 Å². The molecule has 0 aliphatic carbocycles. The topological polar surface area (TPSA) is 42.1 Å². The van der Waals surface area contributed by atoms with E-state index < -0.39 is 0 Å². The zero-order chi connectivity index (χ0) is 11.8. The lowest BCUT2D eigenvalue weighted by Gasteiger charge is -2.17. The molecule has 0 unspecified atom stereocenters. The average molecular weight is 247 g/mol. The second-order valence-electron chi connectivity index (χ2n) is 4.13. The number of hydrogen-bond donors (Lipinski definition) is 1. The highest BCUT2D eigenvalue weighted by atomic mass is 32.2. The summed E-state index contributed by atoms with van der Waals surface area (Å²) in [7, 11) is 1.66. The summed E-state index contributed by atoms with van der Waals surface area (Å²) in [6.45, 7) is 0. The van der Waals surface area contributed by atoms with Crippen LogP contribution in [0, 0.1) is 0 Å². The van der Waals surface area contributed by atoms with Gasteiger partial charge in [-0.15, -0.1) is 0 Å². The molecular formula is C13H13NO2S. The summed E-state index contributed by atoms with van der Waals surface area (Å²) >= 11 is 1.82. The number of thioether (sulfide) groups is 1. The molecule has 0 atom stereocenters. The van der Waals surface area contributed by atoms with Gasteiger partial charge < -0.3 is 9.72 Å². The number of nitrogens with one attached hydrogen (secondary N) is 1. The minimum Gasteiger partial charge on any atom is -0.497 e. The molecule has 1 aliphatic rings. The Morgan fingerprint density at radius 3 is 3.06 bits per heavy atom. The third kappa shape index (κ3) is 1.72. The third-order valence-corrected chi connectivity index (χ3v) is 4.17. The molecule has 1 aromatic carbocycles. The zero-order valence-corrected chi connectivity index (χ0v) is 10.4. The maximum absolute atomic E-state index is 11.9. The lowest BCUT2D eigenvalue weighted by molar-refractivity contribution is 0.415. The van der Waals surface area contributed by atoms with E-state index in [1.807, 2.05) is 30.0 Å². The van der Waals surface area contributed by atoms with Crippen molar-refractivity contribution in [3.8, 4) is 5.75 Å². The molecule has 3 rings (SSSR count). The van der Waals surface area contributed by atoms with Crippen LogP contribution in [-0.2, 0) is 12.2 Å². The first-order valence-corrected chi connectivity index (χ1v) is 6.74. The molecule has 0 bridgehead atoms. The first-order valence-electron chi connectivity index (χ1n) is 5.59. The maximum atomic E-state index is 11.9. The number of pyridine rings is 1. The van der Waals surface area contributed by atoms with Crippen molar-refractivity contribution in [1.82, 2.24) is 4.98 Å². The lowest BCUT2D eigenvalue weighted by atomic mass is 10.0. The molecule has 88 valence electrons. The standard InChI is InChI=1S/C13H13NO2S/c1-16-8-2-3-12-10(6-8)9-4-5-17-7-11(9)13(15)14-12/h2-3,6H,4-5,7H2,1H3,(H,14,15). The number of aryl methyl sites for hydroxylation is 1. The highest BCUT2D eigenvalue weighted by Gasteiger charge is 2.16. The Bertz CT molecular complexity index is 633. The minimum absolute atomic E-state index is 0.0601. The number of aromatic nitrogens is 1. The highest BCUT2D eigenvalue weighted by Crippen LogP contribution is 2.29. The molecule has 1 aromatic heterocycles. The summed E-state index contributed by atoms with van der Waals surface area (Å²) in [5.74, 6) is 2.74. The molecule has 0 amide bonds. The number of rotatable bonds is 1. The predicted octanol–water partition coefficient (Wildman–Crippen LogP) is 2.33. The van der Waals surface area contributed by atoms with Gasteiger partial charge in [-0.05, 0) is 35.9 Å². The van der Waals surface area contributed by atoms with E-state index in [0.29, 0.717) is 0 Å². The Balaban J connectivity index is 2.36. The molecule has 0 spiro atoms. The van der Waals surface area contributed by atoms with Gasteiger partial charge in [0.15, 0.2) is 0 Å². The summed E-state index contributed by atoms with van der Waals surface area (Å²) in [6, 6.07) is 5.81. The first kappa shape index (κ1) is 10.7. The summed E-state index contributed by atoms with van der Waals surface area (Å²) in [4.78, 5) is 14.9. The lowest BCUT2D eigenvalue weighted by Crippen LogP contribution is -2.18. The van der Waals surface area contributed by atoms with E-state index >= 15 is 0 Å². The summed E-state index contributed by atoms with van der Waals surface area (Å²) in [6.07, 6.45) is 0.966. The van der Waals surface area contributed by atoms with Crippen molar-refractivity contribution in [1.29, 1.82) is 0 Å². The smallest absolute Gasteiger partial charge is 0.252 e. The van der Waals surface area contributed by atoms with Gasteiger partial charge in [0.2, 0.25) is 0 Å². The van der Waals surface area contributed by atoms with Crippen LogP contribution >= 0.6 is 11.8 Å². The van der Waals surface area contributed by atoms with Crippen molar-refractivity contribution < 1.29 is 4.74 Å². The average Bonchev–Trinajstić information content (AvgIpc) is 2.39. The Labute approximate surface area is 103 Å². The Morgan fingerprint density at radius 1 is 1.35 bits per heavy atom. The van der Waals surface area contributed by atoms with Crippen LogP contribution in [0.4, 0.5) is 0 Å². The fraction of sp³-hybridized carbons (Fsp3) is 0.308. The molecule has 2 aromatic rings. The van der Waals surface area contributed by atoms with E-state index in [0.717, 1.165) is 40.1 Å². The normalized spacial score (nSPS) is 14.6. The number of H-pyrrole nitrogens is 1. The van der Waals surface area contributed by atoms with Crippen LogP contribution < -0.4 is 10.3 Å². The summed E-state index contributed by atoms with van der Waals surface area (Å²) in [5, 5.41) is 1.12. The predicted molar refractivity (Wildman–Crippen MR) is 71.0 cm³/mol. The second kappa shape index (κ2) is 4.11. The molecule has 17 heavy (non-hydrogen) atoms. The van der Waals surface area contributed by atoms with Crippen molar-refractivity contribution in [3.63, 3.8) is 0 Å². The van der Waals surface area contributed by atoms with Gasteiger partial charge in [-0.25, -0.2) is 0 Å². The maximum Gasteiger partial charge on any atom is 0.252 e. The van der Waals surface area contributed by atoms with Crippen LogP contribution in [0.25, 0.3) is 10.9 Å². The summed E-state index contributed by atoms with van der Waals surface area (Å²) < 4.78 is 5.25. The van der Waals surface area contributed by atoms with Crippen LogP contribution in [0.15, 0.2) is 23.0 Å². The van der Waals surface area contributed by atoms with Crippen molar-refractivity contribution in [2.45, 2.75) is 12.2 Å². The molecule has 0 saturated heterocycles. The first-order chi connectivity index (χ1) is 8.29. The molecule has 2 heterocycles. The van der Waals surface area contributed by atoms with E-state index in [2.05, 4.69) is 4.98 Å². The van der Waals surface area contributed by atoms with Crippen LogP contribution in [0.1, 0.15) is 11.1 Å². The molecule has 1 aliphatic heterocycles. The van der Waals surface area contributed by atoms with E-state index in [1.54, 1.807) is 7.11 Å². The van der Waals surface area contributed by atoms with Crippen molar-refractivity contribution in [2.24, 2.45) is 0 Å². The molecular weight excluding hydrogens is 234 g/mol.